The van der Waals surface area contributed by atoms with Gasteiger partial charge in [0, 0.05) is 11.6 Å². The van der Waals surface area contributed by atoms with E-state index in [0.717, 1.165) is 16.9 Å². The van der Waals surface area contributed by atoms with Crippen molar-refractivity contribution in [2.24, 2.45) is 0 Å². The zero-order valence-electron chi connectivity index (χ0n) is 13.4. The summed E-state index contributed by atoms with van der Waals surface area (Å²) >= 11 is 5.91. The van der Waals surface area contributed by atoms with Crippen molar-refractivity contribution in [1.29, 1.82) is 0 Å². The van der Waals surface area contributed by atoms with E-state index in [1.54, 1.807) is 19.1 Å². The Bertz CT molecular complexity index is 803. The van der Waals surface area contributed by atoms with E-state index in [-0.39, 0.29) is 18.0 Å². The molecule has 0 radical (unpaired) electrons. The first kappa shape index (κ1) is 17.8. The summed E-state index contributed by atoms with van der Waals surface area (Å²) in [5.41, 5.74) is 3.05. The Kier molecular flexibility index (Phi) is 5.68. The largest absolute Gasteiger partial charge is 0.492 e. The molecule has 2 rings (SSSR count). The van der Waals surface area contributed by atoms with Crippen LogP contribution in [0.3, 0.4) is 0 Å². The van der Waals surface area contributed by atoms with Gasteiger partial charge in [-0.25, -0.2) is 13.1 Å². The minimum atomic E-state index is -3.56. The quantitative estimate of drug-likeness (QED) is 0.807. The molecule has 0 fully saturated rings. The van der Waals surface area contributed by atoms with E-state index >= 15 is 0 Å². The van der Waals surface area contributed by atoms with Crippen LogP contribution in [-0.2, 0) is 10.0 Å². The standard InChI is InChI=1S/C17H20ClNO3S/c1-12-4-5-15(10-13(12)2)22-9-8-19-23(20,21)16-6-7-17(18)14(3)11-16/h4-7,10-11,19H,8-9H2,1-3H3. The van der Waals surface area contributed by atoms with E-state index in [0.29, 0.717) is 5.02 Å². The molecule has 1 N–H and O–H groups in total. The summed E-state index contributed by atoms with van der Waals surface area (Å²) in [7, 11) is -3.56. The summed E-state index contributed by atoms with van der Waals surface area (Å²) in [6, 6.07) is 10.4. The maximum absolute atomic E-state index is 12.2. The zero-order valence-corrected chi connectivity index (χ0v) is 15.0. The van der Waals surface area contributed by atoms with Crippen molar-refractivity contribution in [3.05, 3.63) is 58.1 Å². The smallest absolute Gasteiger partial charge is 0.240 e. The average molecular weight is 354 g/mol. The predicted octanol–water partition coefficient (Wildman–Crippen LogP) is 3.62. The number of nitrogens with one attached hydrogen (secondary N) is 1. The number of benzene rings is 2. The lowest BCUT2D eigenvalue weighted by Gasteiger charge is -2.10. The van der Waals surface area contributed by atoms with Crippen molar-refractivity contribution in [3.63, 3.8) is 0 Å². The molecule has 0 spiro atoms. The fourth-order valence-corrected chi connectivity index (χ4v) is 3.23. The van der Waals surface area contributed by atoms with Crippen LogP contribution >= 0.6 is 11.6 Å². The Morgan fingerprint density at radius 2 is 1.74 bits per heavy atom. The predicted molar refractivity (Wildman–Crippen MR) is 92.8 cm³/mol. The molecule has 0 saturated heterocycles. The number of rotatable bonds is 6. The molecule has 2 aromatic carbocycles. The molecule has 0 aromatic heterocycles. The number of aryl methyl sites for hydroxylation is 3. The summed E-state index contributed by atoms with van der Waals surface area (Å²) in [6.45, 7) is 6.25. The third kappa shape index (κ3) is 4.70. The molecular weight excluding hydrogens is 334 g/mol. The Morgan fingerprint density at radius 1 is 1.00 bits per heavy atom. The molecule has 4 nitrogen and oxygen atoms in total. The maximum atomic E-state index is 12.2. The SMILES string of the molecule is Cc1ccc(OCCNS(=O)(=O)c2ccc(Cl)c(C)c2)cc1C. The minimum Gasteiger partial charge on any atom is -0.492 e. The molecule has 0 aliphatic heterocycles. The Labute approximate surface area is 142 Å². The molecule has 124 valence electrons. The summed E-state index contributed by atoms with van der Waals surface area (Å²) < 4.78 is 32.5. The van der Waals surface area contributed by atoms with Crippen LogP contribution in [-0.4, -0.2) is 21.6 Å². The van der Waals surface area contributed by atoms with Crippen LogP contribution in [0.1, 0.15) is 16.7 Å². The second kappa shape index (κ2) is 7.34. The van der Waals surface area contributed by atoms with Crippen molar-refractivity contribution in [1.82, 2.24) is 4.72 Å². The molecule has 0 heterocycles. The third-order valence-electron chi connectivity index (χ3n) is 3.58. The lowest BCUT2D eigenvalue weighted by molar-refractivity contribution is 0.322. The molecule has 23 heavy (non-hydrogen) atoms. The summed E-state index contributed by atoms with van der Waals surface area (Å²) in [5.74, 6) is 0.731. The number of ether oxygens (including phenoxy) is 1. The topological polar surface area (TPSA) is 55.4 Å². The Hall–Kier alpha value is -1.56. The maximum Gasteiger partial charge on any atom is 0.240 e. The molecule has 0 amide bonds. The van der Waals surface area contributed by atoms with Crippen LogP contribution in [0.2, 0.25) is 5.02 Å². The molecule has 0 saturated carbocycles. The lowest BCUT2D eigenvalue weighted by Crippen LogP contribution is -2.28. The van der Waals surface area contributed by atoms with Gasteiger partial charge in [-0.1, -0.05) is 17.7 Å². The lowest BCUT2D eigenvalue weighted by atomic mass is 10.1. The number of halogens is 1. The number of sulfonamides is 1. The van der Waals surface area contributed by atoms with E-state index in [1.165, 1.54) is 11.6 Å². The van der Waals surface area contributed by atoms with E-state index in [2.05, 4.69) is 4.72 Å². The normalized spacial score (nSPS) is 11.5. The van der Waals surface area contributed by atoms with Gasteiger partial charge in [0.2, 0.25) is 10.0 Å². The first-order valence-corrected chi connectivity index (χ1v) is 9.11. The van der Waals surface area contributed by atoms with Crippen molar-refractivity contribution >= 4 is 21.6 Å². The van der Waals surface area contributed by atoms with E-state index in [1.807, 2.05) is 32.0 Å². The second-order valence-corrected chi connectivity index (χ2v) is 7.58. The van der Waals surface area contributed by atoms with Gasteiger partial charge in [-0.15, -0.1) is 0 Å². The molecule has 0 atom stereocenters. The van der Waals surface area contributed by atoms with Gasteiger partial charge < -0.3 is 4.74 Å². The molecule has 2 aromatic rings. The van der Waals surface area contributed by atoms with E-state index in [4.69, 9.17) is 16.3 Å². The average Bonchev–Trinajstić information content (AvgIpc) is 2.50. The highest BCUT2D eigenvalue weighted by atomic mass is 35.5. The highest BCUT2D eigenvalue weighted by Crippen LogP contribution is 2.19. The van der Waals surface area contributed by atoms with Gasteiger partial charge in [-0.05, 0) is 67.8 Å². The number of hydrogen-bond acceptors (Lipinski definition) is 3. The molecule has 0 unspecified atom stereocenters. The van der Waals surface area contributed by atoms with Crippen LogP contribution < -0.4 is 9.46 Å². The van der Waals surface area contributed by atoms with Gasteiger partial charge in [-0.3, -0.25) is 0 Å². The zero-order chi connectivity index (χ0) is 17.0. The van der Waals surface area contributed by atoms with Crippen LogP contribution in [0.4, 0.5) is 0 Å². The summed E-state index contributed by atoms with van der Waals surface area (Å²) in [6.07, 6.45) is 0. The van der Waals surface area contributed by atoms with Crippen molar-refractivity contribution < 1.29 is 13.2 Å². The molecule has 0 aliphatic rings. The monoisotopic (exact) mass is 353 g/mol. The van der Waals surface area contributed by atoms with Crippen molar-refractivity contribution in [2.75, 3.05) is 13.2 Å². The first-order valence-electron chi connectivity index (χ1n) is 7.25. The number of hydrogen-bond donors (Lipinski definition) is 1. The van der Waals surface area contributed by atoms with Gasteiger partial charge >= 0.3 is 0 Å². The molecule has 0 aliphatic carbocycles. The highest BCUT2D eigenvalue weighted by molar-refractivity contribution is 7.89. The van der Waals surface area contributed by atoms with Crippen LogP contribution in [0.5, 0.6) is 5.75 Å². The van der Waals surface area contributed by atoms with Gasteiger partial charge in [0.05, 0.1) is 4.90 Å². The highest BCUT2D eigenvalue weighted by Gasteiger charge is 2.14. The van der Waals surface area contributed by atoms with E-state index < -0.39 is 10.0 Å². The first-order chi connectivity index (χ1) is 10.8. The van der Waals surface area contributed by atoms with Gasteiger partial charge in [0.15, 0.2) is 0 Å². The Balaban J connectivity index is 1.92. The van der Waals surface area contributed by atoms with Gasteiger partial charge in [0.1, 0.15) is 12.4 Å². The van der Waals surface area contributed by atoms with Gasteiger partial charge in [-0.2, -0.15) is 0 Å². The van der Waals surface area contributed by atoms with Crippen LogP contribution in [0.25, 0.3) is 0 Å². The van der Waals surface area contributed by atoms with Crippen LogP contribution in [0.15, 0.2) is 41.3 Å². The summed E-state index contributed by atoms with van der Waals surface area (Å²) in [4.78, 5) is 0.200. The second-order valence-electron chi connectivity index (χ2n) is 5.40. The fraction of sp³-hybridized carbons (Fsp3) is 0.294. The fourth-order valence-electron chi connectivity index (χ4n) is 2.02. The minimum absolute atomic E-state index is 0.191. The molecular formula is C17H20ClNO3S. The van der Waals surface area contributed by atoms with Crippen molar-refractivity contribution in [2.45, 2.75) is 25.7 Å². The summed E-state index contributed by atoms with van der Waals surface area (Å²) in [5, 5.41) is 0.544. The van der Waals surface area contributed by atoms with E-state index in [9.17, 15) is 8.42 Å². The van der Waals surface area contributed by atoms with Gasteiger partial charge in [0.25, 0.3) is 0 Å². The third-order valence-corrected chi connectivity index (χ3v) is 5.46. The molecule has 0 bridgehead atoms. The molecule has 6 heteroatoms. The Morgan fingerprint density at radius 3 is 2.39 bits per heavy atom. The van der Waals surface area contributed by atoms with Crippen LogP contribution in [0, 0.1) is 20.8 Å². The van der Waals surface area contributed by atoms with Crippen molar-refractivity contribution in [3.8, 4) is 5.75 Å².